The van der Waals surface area contributed by atoms with E-state index < -0.39 is 0 Å². The van der Waals surface area contributed by atoms with E-state index >= 15 is 0 Å². The molecule has 0 aliphatic heterocycles. The minimum Gasteiger partial charge on any atom is -0.313 e. The smallest absolute Gasteiger partial charge is 0.194 e. The standard InChI is InChI=1S/C39H47BN2O2S/c1-7-23(2)19-32(20-24(3)25(4)28-12-10-13-28)29-15-17-30(18-16-29)33(22-36(40)43)26(5)27(6)37(44)39-42-35-21-31-11-8-9-14-34(31)41-38(35)45-39/h15-21,26-28,33H,7-14,22H2,1-6H3/b23-19+,25-24+,32-20+/t26?,27?,33-/m0/s1. The van der Waals surface area contributed by atoms with Crippen molar-refractivity contribution >= 4 is 46.6 Å². The van der Waals surface area contributed by atoms with Gasteiger partial charge in [-0.15, -0.1) is 0 Å². The lowest BCUT2D eigenvalue weighted by Crippen LogP contribution is -2.26. The number of carbonyl (C=O) groups excluding carboxylic acids is 2. The molecule has 0 amide bonds. The van der Waals surface area contributed by atoms with Crippen molar-refractivity contribution in [2.24, 2.45) is 17.8 Å². The maximum atomic E-state index is 13.8. The van der Waals surface area contributed by atoms with E-state index in [0.717, 1.165) is 52.9 Å². The molecule has 2 aliphatic carbocycles. The Balaban J connectivity index is 1.40. The molecule has 2 aliphatic rings. The number of nitrogens with zero attached hydrogens (tertiary/aromatic N) is 2. The summed E-state index contributed by atoms with van der Waals surface area (Å²) in [6.07, 6.45) is 14.1. The van der Waals surface area contributed by atoms with E-state index in [9.17, 15) is 9.59 Å². The minimum absolute atomic E-state index is 0.00375. The van der Waals surface area contributed by atoms with Gasteiger partial charge in [0.05, 0.1) is 5.68 Å². The van der Waals surface area contributed by atoms with Crippen molar-refractivity contribution < 1.29 is 9.59 Å². The van der Waals surface area contributed by atoms with E-state index in [-0.39, 0.29) is 35.6 Å². The van der Waals surface area contributed by atoms with E-state index in [1.54, 1.807) is 0 Å². The Bertz CT molecular complexity index is 1610. The lowest BCUT2D eigenvalue weighted by atomic mass is 9.73. The largest absolute Gasteiger partial charge is 0.313 e. The van der Waals surface area contributed by atoms with Crippen LogP contribution in [0.5, 0.6) is 0 Å². The molecule has 1 fully saturated rings. The fraction of sp³-hybridized carbons (Fsp3) is 0.487. The zero-order valence-electron chi connectivity index (χ0n) is 27.9. The van der Waals surface area contributed by atoms with Crippen LogP contribution in [0.25, 0.3) is 15.9 Å². The Morgan fingerprint density at radius 3 is 2.36 bits per heavy atom. The third-order valence-corrected chi connectivity index (χ3v) is 11.5. The number of aromatic nitrogens is 2. The third kappa shape index (κ3) is 7.65. The van der Waals surface area contributed by atoms with Crippen LogP contribution in [0.3, 0.4) is 0 Å². The van der Waals surface area contributed by atoms with Crippen molar-refractivity contribution in [2.45, 2.75) is 105 Å². The summed E-state index contributed by atoms with van der Waals surface area (Å²) in [5.41, 5.74) is 10.4. The Kier molecular flexibility index (Phi) is 10.7. The number of Topliss-reactive ketones (excluding diaryl/α,β-unsaturated/α-hetero) is 1. The second-order valence-electron chi connectivity index (χ2n) is 13.5. The first-order valence-corrected chi connectivity index (χ1v) is 17.7. The van der Waals surface area contributed by atoms with Gasteiger partial charge in [-0.3, -0.25) is 4.79 Å². The van der Waals surface area contributed by atoms with Crippen molar-refractivity contribution in [3.05, 3.63) is 86.6 Å². The van der Waals surface area contributed by atoms with E-state index in [2.05, 4.69) is 77.1 Å². The van der Waals surface area contributed by atoms with Crippen LogP contribution in [0.2, 0.25) is 0 Å². The number of aryl methyl sites for hydroxylation is 2. The highest BCUT2D eigenvalue weighted by molar-refractivity contribution is 7.19. The van der Waals surface area contributed by atoms with Crippen molar-refractivity contribution in [2.75, 3.05) is 0 Å². The zero-order chi connectivity index (χ0) is 32.2. The monoisotopic (exact) mass is 618 g/mol. The highest BCUT2D eigenvalue weighted by Crippen LogP contribution is 2.38. The van der Waals surface area contributed by atoms with Gasteiger partial charge in [-0.05, 0) is 112 Å². The molecule has 2 unspecified atom stereocenters. The van der Waals surface area contributed by atoms with Crippen LogP contribution in [0.1, 0.15) is 125 Å². The quantitative estimate of drug-likeness (QED) is 0.115. The van der Waals surface area contributed by atoms with Crippen molar-refractivity contribution in [1.29, 1.82) is 0 Å². The predicted octanol–water partition coefficient (Wildman–Crippen LogP) is 9.77. The van der Waals surface area contributed by atoms with E-state index in [1.807, 2.05) is 6.92 Å². The van der Waals surface area contributed by atoms with Crippen LogP contribution in [-0.2, 0) is 17.6 Å². The minimum atomic E-state index is -0.361. The number of carbonyl (C=O) groups is 2. The maximum absolute atomic E-state index is 13.8. The molecule has 3 aromatic rings. The van der Waals surface area contributed by atoms with Crippen molar-refractivity contribution in [1.82, 2.24) is 9.97 Å². The Morgan fingerprint density at radius 1 is 1.00 bits per heavy atom. The molecule has 0 spiro atoms. The molecule has 2 aromatic heterocycles. The Labute approximate surface area is 274 Å². The number of rotatable bonds is 12. The molecule has 0 bridgehead atoms. The molecule has 0 N–H and O–H groups in total. The van der Waals surface area contributed by atoms with Crippen LogP contribution in [0.4, 0.5) is 0 Å². The third-order valence-electron chi connectivity index (χ3n) is 10.5. The summed E-state index contributed by atoms with van der Waals surface area (Å²) in [5, 5.41) is 0.501. The number of pyridine rings is 1. The lowest BCUT2D eigenvalue weighted by Gasteiger charge is -2.28. The normalized spacial score (nSPS) is 18.5. The van der Waals surface area contributed by atoms with Gasteiger partial charge in [0, 0.05) is 18.0 Å². The number of thiazole rings is 1. The van der Waals surface area contributed by atoms with Gasteiger partial charge in [0.2, 0.25) is 0 Å². The molecule has 234 valence electrons. The summed E-state index contributed by atoms with van der Waals surface area (Å²) >= 11 is 1.39. The van der Waals surface area contributed by atoms with Crippen molar-refractivity contribution in [3.8, 4) is 0 Å². The highest BCUT2D eigenvalue weighted by Gasteiger charge is 2.32. The van der Waals surface area contributed by atoms with Crippen LogP contribution < -0.4 is 0 Å². The van der Waals surface area contributed by atoms with Crippen LogP contribution in [-0.4, -0.2) is 29.3 Å². The first-order valence-electron chi connectivity index (χ1n) is 16.8. The molecule has 3 atom stereocenters. The van der Waals surface area contributed by atoms with E-state index in [0.29, 0.717) is 10.9 Å². The fourth-order valence-corrected chi connectivity index (χ4v) is 7.68. The summed E-state index contributed by atoms with van der Waals surface area (Å²) < 4.78 is 0. The lowest BCUT2D eigenvalue weighted by molar-refractivity contribution is -0.112. The molecule has 2 radical (unpaired) electrons. The molecule has 4 nitrogen and oxygen atoms in total. The Morgan fingerprint density at radius 2 is 1.71 bits per heavy atom. The number of benzene rings is 1. The van der Waals surface area contributed by atoms with Gasteiger partial charge < -0.3 is 4.79 Å². The molecule has 6 heteroatoms. The summed E-state index contributed by atoms with van der Waals surface area (Å²) in [4.78, 5) is 36.5. The highest BCUT2D eigenvalue weighted by atomic mass is 32.1. The van der Waals surface area contributed by atoms with Gasteiger partial charge >= 0.3 is 0 Å². The van der Waals surface area contributed by atoms with Gasteiger partial charge in [0.15, 0.2) is 18.6 Å². The van der Waals surface area contributed by atoms with Crippen LogP contribution in [0, 0.1) is 17.8 Å². The van der Waals surface area contributed by atoms with Gasteiger partial charge in [-0.2, -0.15) is 0 Å². The SMILES string of the molecule is [B]C(=O)C[C@H](c1ccc(C(/C=C(\C)CC)=C/C(C)=C(\C)C2CCC2)cc1)C(C)C(C)C(=O)c1nc2cc3c(nc2s1)CCCC3. The predicted molar refractivity (Wildman–Crippen MR) is 189 cm³/mol. The van der Waals surface area contributed by atoms with Crippen LogP contribution >= 0.6 is 11.3 Å². The van der Waals surface area contributed by atoms with Gasteiger partial charge in [0.25, 0.3) is 0 Å². The van der Waals surface area contributed by atoms with Gasteiger partial charge in [-0.25, -0.2) is 9.97 Å². The summed E-state index contributed by atoms with van der Waals surface area (Å²) in [6, 6.07) is 10.7. The van der Waals surface area contributed by atoms with Gasteiger partial charge in [-0.1, -0.05) is 91.7 Å². The first-order chi connectivity index (χ1) is 21.5. The number of allylic oxidation sites excluding steroid dienone is 6. The summed E-state index contributed by atoms with van der Waals surface area (Å²) in [5.74, 6) is 0.0853. The average Bonchev–Trinajstić information content (AvgIpc) is 3.43. The number of ketones is 1. The molecule has 1 aromatic carbocycles. The summed E-state index contributed by atoms with van der Waals surface area (Å²) in [6.45, 7) is 12.9. The second-order valence-corrected chi connectivity index (χ2v) is 14.5. The van der Waals surface area contributed by atoms with Crippen molar-refractivity contribution in [3.63, 3.8) is 0 Å². The maximum Gasteiger partial charge on any atom is 0.194 e. The number of hydrogen-bond acceptors (Lipinski definition) is 5. The molecule has 0 saturated heterocycles. The number of fused-ring (bicyclic) bond motifs is 2. The zero-order valence-corrected chi connectivity index (χ0v) is 28.7. The second kappa shape index (κ2) is 14.5. The van der Waals surface area contributed by atoms with Gasteiger partial charge in [0.1, 0.15) is 10.3 Å². The molecular weight excluding hydrogens is 571 g/mol. The number of hydrogen-bond donors (Lipinski definition) is 0. The van der Waals surface area contributed by atoms with E-state index in [4.69, 9.17) is 17.8 Å². The molecule has 1 saturated carbocycles. The molecule has 5 rings (SSSR count). The van der Waals surface area contributed by atoms with Crippen LogP contribution in [0.15, 0.2) is 59.2 Å². The Hall–Kier alpha value is -3.12. The molecule has 2 heterocycles. The first kappa shape index (κ1) is 33.3. The molecule has 45 heavy (non-hydrogen) atoms. The summed E-state index contributed by atoms with van der Waals surface area (Å²) in [7, 11) is 5.77. The topological polar surface area (TPSA) is 59.9 Å². The fourth-order valence-electron chi connectivity index (χ4n) is 6.70. The molecular formula is C39H47BN2O2S. The average molecular weight is 619 g/mol. The van der Waals surface area contributed by atoms with E-state index in [1.165, 1.54) is 64.9 Å².